The van der Waals surface area contributed by atoms with Crippen LogP contribution >= 0.6 is 47.0 Å². The third kappa shape index (κ3) is 22.4. The Labute approximate surface area is 386 Å². The number of carbonyl (C=O) groups is 4. The van der Waals surface area contributed by atoms with Gasteiger partial charge in [-0.2, -0.15) is 0 Å². The molecule has 0 aromatic heterocycles. The van der Waals surface area contributed by atoms with Crippen molar-refractivity contribution < 1.29 is 19.2 Å². The molecule has 0 N–H and O–H groups in total. The third-order valence-electron chi connectivity index (χ3n) is 8.50. The number of carbonyl (C=O) groups excluding carboxylic acids is 4. The summed E-state index contributed by atoms with van der Waals surface area (Å²) >= 11 is 5.46. The highest BCUT2D eigenvalue weighted by atomic mass is 32.2. The Kier molecular flexibility index (Phi) is 25.3. The number of hydrogen-bond donors (Lipinski definition) is 0. The summed E-state index contributed by atoms with van der Waals surface area (Å²) in [7, 11) is 8.04. The standard InChI is InChI=1S/C15H14OS.C14H12OS.C12H17NOS.C11H15NOS/c1-12-6-5-9-14(10-12)15(16)17-11-13-7-3-2-4-8-13;15-14(13-9-5-2-6-10-13)16-11-12-7-3-1-4-8-12;1-10-5-4-6-11(9-10)12(14)15-8-7-13(2)3;1-12(2)8-9-14-11(13)10-6-4-3-5-7-10/h2-10H,11H2,1H3;1-10H,11H2;4-6,9H,7-8H2,1-3H3;3-7H,8-9H2,1-2H3. The summed E-state index contributed by atoms with van der Waals surface area (Å²) in [5.74, 6) is 3.16. The van der Waals surface area contributed by atoms with Gasteiger partial charge in [-0.3, -0.25) is 19.2 Å². The molecule has 0 amide bonds. The van der Waals surface area contributed by atoms with E-state index in [0.717, 1.165) is 69.5 Å². The van der Waals surface area contributed by atoms with Gasteiger partial charge in [-0.25, -0.2) is 0 Å². The van der Waals surface area contributed by atoms with Crippen LogP contribution in [0.3, 0.4) is 0 Å². The molecule has 6 aromatic rings. The fraction of sp³-hybridized carbons (Fsp3) is 0.231. The second kappa shape index (κ2) is 30.4. The zero-order chi connectivity index (χ0) is 45.0. The van der Waals surface area contributed by atoms with E-state index >= 15 is 0 Å². The molecular weight excluding hydrogens is 845 g/mol. The fourth-order valence-electron chi connectivity index (χ4n) is 5.11. The van der Waals surface area contributed by atoms with Crippen molar-refractivity contribution in [1.82, 2.24) is 9.80 Å². The third-order valence-corrected chi connectivity index (χ3v) is 12.2. The lowest BCUT2D eigenvalue weighted by Gasteiger charge is -2.08. The summed E-state index contributed by atoms with van der Waals surface area (Å²) in [5.41, 5.74) is 7.75. The quantitative estimate of drug-likeness (QED) is 0.105. The van der Waals surface area contributed by atoms with Crippen molar-refractivity contribution in [3.63, 3.8) is 0 Å². The lowest BCUT2D eigenvalue weighted by atomic mass is 10.2. The molecule has 62 heavy (non-hydrogen) atoms. The summed E-state index contributed by atoms with van der Waals surface area (Å²) < 4.78 is 0. The Morgan fingerprint density at radius 2 is 0.661 bits per heavy atom. The number of benzene rings is 6. The Bertz CT molecular complexity index is 2200. The van der Waals surface area contributed by atoms with Crippen molar-refractivity contribution in [2.75, 3.05) is 52.8 Å². The average molecular weight is 903 g/mol. The van der Waals surface area contributed by atoms with E-state index in [4.69, 9.17) is 0 Å². The lowest BCUT2D eigenvalue weighted by molar-refractivity contribution is 0.108. The normalized spacial score (nSPS) is 10.3. The zero-order valence-corrected chi connectivity index (χ0v) is 39.8. The van der Waals surface area contributed by atoms with Crippen LogP contribution in [0.2, 0.25) is 0 Å². The van der Waals surface area contributed by atoms with Crippen LogP contribution in [0, 0.1) is 13.8 Å². The van der Waals surface area contributed by atoms with Crippen molar-refractivity contribution in [2.24, 2.45) is 0 Å². The van der Waals surface area contributed by atoms with Gasteiger partial charge in [0, 0.05) is 58.4 Å². The topological polar surface area (TPSA) is 74.8 Å². The van der Waals surface area contributed by atoms with Gasteiger partial charge in [0.2, 0.25) is 20.5 Å². The number of aryl methyl sites for hydroxylation is 2. The van der Waals surface area contributed by atoms with Crippen LogP contribution in [0.25, 0.3) is 0 Å². The van der Waals surface area contributed by atoms with Gasteiger partial charge in [-0.05, 0) is 65.3 Å². The van der Waals surface area contributed by atoms with Crippen molar-refractivity contribution in [3.8, 4) is 0 Å². The minimum atomic E-state index is 0.129. The molecule has 0 spiro atoms. The molecule has 0 saturated heterocycles. The molecule has 6 nitrogen and oxygen atoms in total. The molecule has 0 aliphatic heterocycles. The zero-order valence-electron chi connectivity index (χ0n) is 36.6. The van der Waals surface area contributed by atoms with E-state index in [9.17, 15) is 19.2 Å². The SMILES string of the molecule is CN(C)CCSC(=O)c1ccccc1.Cc1cccc(C(=O)SCCN(C)C)c1.Cc1cccc(C(=O)SCc2ccccc2)c1.O=C(SCc1ccccc1)c1ccccc1. The summed E-state index contributed by atoms with van der Waals surface area (Å²) in [6.45, 7) is 5.87. The molecule has 6 aromatic carbocycles. The van der Waals surface area contributed by atoms with E-state index in [-0.39, 0.29) is 20.5 Å². The van der Waals surface area contributed by atoms with Gasteiger partial charge >= 0.3 is 0 Å². The molecule has 324 valence electrons. The van der Waals surface area contributed by atoms with Crippen LogP contribution < -0.4 is 0 Å². The van der Waals surface area contributed by atoms with E-state index in [1.807, 2.05) is 212 Å². The first-order chi connectivity index (χ1) is 29.9. The molecule has 0 bridgehead atoms. The van der Waals surface area contributed by atoms with E-state index in [2.05, 4.69) is 9.80 Å². The van der Waals surface area contributed by atoms with Gasteiger partial charge in [0.25, 0.3) is 0 Å². The highest BCUT2D eigenvalue weighted by Crippen LogP contribution is 2.20. The van der Waals surface area contributed by atoms with Crippen LogP contribution in [0.5, 0.6) is 0 Å². The number of rotatable bonds is 14. The number of nitrogens with zero attached hydrogens (tertiary/aromatic N) is 2. The number of hydrogen-bond acceptors (Lipinski definition) is 10. The second-order valence-electron chi connectivity index (χ2n) is 14.5. The van der Waals surface area contributed by atoms with Gasteiger partial charge in [-0.1, -0.05) is 216 Å². The maximum atomic E-state index is 11.9. The number of thioether (sulfide) groups is 4. The molecule has 0 aliphatic rings. The van der Waals surface area contributed by atoms with E-state index in [1.54, 1.807) is 0 Å². The molecule has 0 atom stereocenters. The Morgan fingerprint density at radius 1 is 0.371 bits per heavy atom. The van der Waals surface area contributed by atoms with Crippen LogP contribution in [-0.2, 0) is 11.5 Å². The molecule has 6 rings (SSSR count). The van der Waals surface area contributed by atoms with Gasteiger partial charge in [0.05, 0.1) is 0 Å². The molecule has 0 radical (unpaired) electrons. The summed E-state index contributed by atoms with van der Waals surface area (Å²) in [6.07, 6.45) is 0. The van der Waals surface area contributed by atoms with Crippen molar-refractivity contribution in [3.05, 3.63) is 214 Å². The van der Waals surface area contributed by atoms with E-state index in [1.165, 1.54) is 58.2 Å². The molecular formula is C52H58N2O4S4. The van der Waals surface area contributed by atoms with E-state index < -0.39 is 0 Å². The second-order valence-corrected chi connectivity index (χ2v) is 18.5. The summed E-state index contributed by atoms with van der Waals surface area (Å²) in [6, 6.07) is 54.3. The molecule has 0 unspecified atom stereocenters. The van der Waals surface area contributed by atoms with Gasteiger partial charge in [0.15, 0.2) is 0 Å². The van der Waals surface area contributed by atoms with E-state index in [0.29, 0.717) is 0 Å². The van der Waals surface area contributed by atoms with Crippen molar-refractivity contribution >= 4 is 67.5 Å². The first-order valence-electron chi connectivity index (χ1n) is 20.2. The molecule has 0 fully saturated rings. The Morgan fingerprint density at radius 3 is 1.00 bits per heavy atom. The monoisotopic (exact) mass is 902 g/mol. The molecule has 0 saturated carbocycles. The average Bonchev–Trinajstić information content (AvgIpc) is 3.29. The minimum Gasteiger partial charge on any atom is -0.309 e. The minimum absolute atomic E-state index is 0.129. The predicted molar refractivity (Wildman–Crippen MR) is 270 cm³/mol. The van der Waals surface area contributed by atoms with Crippen molar-refractivity contribution in [2.45, 2.75) is 25.4 Å². The highest BCUT2D eigenvalue weighted by molar-refractivity contribution is 8.14. The molecule has 0 aliphatic carbocycles. The van der Waals surface area contributed by atoms with Gasteiger partial charge in [0.1, 0.15) is 0 Å². The Balaban J connectivity index is 0.000000221. The first-order valence-corrected chi connectivity index (χ1v) is 24.1. The maximum absolute atomic E-state index is 11.9. The van der Waals surface area contributed by atoms with Gasteiger partial charge < -0.3 is 9.80 Å². The molecule has 10 heteroatoms. The first kappa shape index (κ1) is 51.7. The Hall–Kier alpha value is -4.68. The summed E-state index contributed by atoms with van der Waals surface area (Å²) in [5, 5.41) is 0.593. The van der Waals surface area contributed by atoms with Crippen LogP contribution in [0.1, 0.15) is 63.7 Å². The lowest BCUT2D eigenvalue weighted by Crippen LogP contribution is -2.15. The maximum Gasteiger partial charge on any atom is 0.219 e. The van der Waals surface area contributed by atoms with Crippen LogP contribution in [0.15, 0.2) is 170 Å². The molecule has 0 heterocycles. The van der Waals surface area contributed by atoms with Gasteiger partial charge in [-0.15, -0.1) is 0 Å². The largest absolute Gasteiger partial charge is 0.309 e. The van der Waals surface area contributed by atoms with Crippen molar-refractivity contribution in [1.29, 1.82) is 0 Å². The van der Waals surface area contributed by atoms with Crippen LogP contribution in [-0.4, -0.2) is 83.0 Å². The predicted octanol–water partition coefficient (Wildman–Crippen LogP) is 12.4. The summed E-state index contributed by atoms with van der Waals surface area (Å²) in [4.78, 5) is 51.2. The highest BCUT2D eigenvalue weighted by Gasteiger charge is 2.09. The smallest absolute Gasteiger partial charge is 0.219 e. The van der Waals surface area contributed by atoms with Crippen LogP contribution in [0.4, 0.5) is 0 Å². The fourth-order valence-corrected chi connectivity index (χ4v) is 8.57.